The molecular formula is C19H16ClFN2O3. The van der Waals surface area contributed by atoms with E-state index < -0.39 is 11.2 Å². The van der Waals surface area contributed by atoms with Gasteiger partial charge in [-0.2, -0.15) is 0 Å². The molecule has 0 amide bonds. The van der Waals surface area contributed by atoms with Crippen LogP contribution in [0.4, 0.5) is 10.1 Å². The Hall–Kier alpha value is -2.70. The van der Waals surface area contributed by atoms with Crippen molar-refractivity contribution >= 4 is 34.5 Å². The third-order valence-electron chi connectivity index (χ3n) is 4.18. The second kappa shape index (κ2) is 7.27. The number of benzene rings is 2. The number of hydrogen-bond acceptors (Lipinski definition) is 4. The SMILES string of the molecule is Nc1cc(Cc2cccc(Cl)c2F)cc2c(=O)c(C=O)cn(CCO)c12. The minimum absolute atomic E-state index is 0.0183. The van der Waals surface area contributed by atoms with E-state index in [0.29, 0.717) is 28.6 Å². The van der Waals surface area contributed by atoms with Crippen LogP contribution < -0.4 is 11.2 Å². The van der Waals surface area contributed by atoms with Gasteiger partial charge in [0, 0.05) is 24.5 Å². The van der Waals surface area contributed by atoms with Gasteiger partial charge in [0.2, 0.25) is 0 Å². The number of carbonyl (C=O) groups excluding carboxylic acids is 1. The summed E-state index contributed by atoms with van der Waals surface area (Å²) in [5.74, 6) is -0.521. The second-order valence-electron chi connectivity index (χ2n) is 5.92. The van der Waals surface area contributed by atoms with Crippen LogP contribution in [0.3, 0.4) is 0 Å². The molecule has 0 atom stereocenters. The maximum absolute atomic E-state index is 14.2. The molecule has 0 spiro atoms. The van der Waals surface area contributed by atoms with Crippen LogP contribution >= 0.6 is 11.6 Å². The van der Waals surface area contributed by atoms with Gasteiger partial charge < -0.3 is 15.4 Å². The Morgan fingerprint density at radius 1 is 1.31 bits per heavy atom. The molecule has 26 heavy (non-hydrogen) atoms. The Morgan fingerprint density at radius 2 is 2.08 bits per heavy atom. The third kappa shape index (κ3) is 3.21. The number of aliphatic hydroxyl groups excluding tert-OH is 1. The largest absolute Gasteiger partial charge is 0.397 e. The summed E-state index contributed by atoms with van der Waals surface area (Å²) in [5, 5.41) is 9.50. The van der Waals surface area contributed by atoms with E-state index in [-0.39, 0.29) is 35.5 Å². The van der Waals surface area contributed by atoms with E-state index >= 15 is 0 Å². The number of aromatic nitrogens is 1. The molecule has 0 saturated heterocycles. The van der Waals surface area contributed by atoms with Crippen LogP contribution in [-0.4, -0.2) is 22.6 Å². The average Bonchev–Trinajstić information content (AvgIpc) is 2.61. The highest BCUT2D eigenvalue weighted by molar-refractivity contribution is 6.30. The van der Waals surface area contributed by atoms with E-state index in [0.717, 1.165) is 0 Å². The number of nitrogens with zero attached hydrogens (tertiary/aromatic N) is 1. The predicted molar refractivity (Wildman–Crippen MR) is 99.3 cm³/mol. The molecule has 2 aromatic carbocycles. The Labute approximate surface area is 153 Å². The lowest BCUT2D eigenvalue weighted by molar-refractivity contribution is 0.112. The standard InChI is InChI=1S/C19H16ClFN2O3/c20-15-3-1-2-12(17(15)21)6-11-7-14-18(16(22)8-11)23(4-5-24)9-13(10-25)19(14)26/h1-3,7-10,24H,4-6,22H2. The third-order valence-corrected chi connectivity index (χ3v) is 4.47. The molecular weight excluding hydrogens is 359 g/mol. The van der Waals surface area contributed by atoms with E-state index in [9.17, 15) is 19.1 Å². The van der Waals surface area contributed by atoms with Gasteiger partial charge in [0.15, 0.2) is 11.7 Å². The van der Waals surface area contributed by atoms with E-state index in [2.05, 4.69) is 0 Å². The number of aliphatic hydroxyl groups is 1. The summed E-state index contributed by atoms with van der Waals surface area (Å²) < 4.78 is 15.7. The number of fused-ring (bicyclic) bond motifs is 1. The van der Waals surface area contributed by atoms with Gasteiger partial charge in [-0.1, -0.05) is 23.7 Å². The summed E-state index contributed by atoms with van der Waals surface area (Å²) in [6.45, 7) is 0.00920. The molecule has 0 bridgehead atoms. The highest BCUT2D eigenvalue weighted by Crippen LogP contribution is 2.25. The fraction of sp³-hybridized carbons (Fsp3) is 0.158. The number of nitrogen functional groups attached to an aromatic ring is 1. The van der Waals surface area contributed by atoms with Gasteiger partial charge in [-0.25, -0.2) is 4.39 Å². The number of halogens is 2. The number of pyridine rings is 1. The van der Waals surface area contributed by atoms with Crippen molar-refractivity contribution in [2.45, 2.75) is 13.0 Å². The fourth-order valence-electron chi connectivity index (χ4n) is 3.03. The Balaban J connectivity index is 2.21. The first-order chi connectivity index (χ1) is 12.5. The number of hydrogen-bond donors (Lipinski definition) is 2. The number of carbonyl (C=O) groups is 1. The number of rotatable bonds is 5. The van der Waals surface area contributed by atoms with Crippen LogP contribution in [0.2, 0.25) is 5.02 Å². The van der Waals surface area contributed by atoms with Crippen LogP contribution in [0, 0.1) is 5.82 Å². The second-order valence-corrected chi connectivity index (χ2v) is 6.33. The molecule has 1 aromatic heterocycles. The van der Waals surface area contributed by atoms with Crippen LogP contribution in [0.15, 0.2) is 41.3 Å². The summed E-state index contributed by atoms with van der Waals surface area (Å²) in [6, 6.07) is 7.95. The maximum atomic E-state index is 14.2. The minimum atomic E-state index is -0.521. The van der Waals surface area contributed by atoms with Crippen LogP contribution in [0.25, 0.3) is 10.9 Å². The van der Waals surface area contributed by atoms with E-state index in [1.54, 1.807) is 28.8 Å². The molecule has 134 valence electrons. The zero-order chi connectivity index (χ0) is 18.8. The quantitative estimate of drug-likeness (QED) is 0.531. The normalized spacial score (nSPS) is 11.0. The summed E-state index contributed by atoms with van der Waals surface area (Å²) in [5.41, 5.74) is 7.37. The highest BCUT2D eigenvalue weighted by atomic mass is 35.5. The molecule has 7 heteroatoms. The molecule has 0 aliphatic rings. The molecule has 0 fully saturated rings. The lowest BCUT2D eigenvalue weighted by Crippen LogP contribution is -2.17. The molecule has 5 nitrogen and oxygen atoms in total. The van der Waals surface area contributed by atoms with Gasteiger partial charge >= 0.3 is 0 Å². The van der Waals surface area contributed by atoms with Crippen molar-refractivity contribution in [2.75, 3.05) is 12.3 Å². The summed E-state index contributed by atoms with van der Waals surface area (Å²) in [4.78, 5) is 23.7. The van der Waals surface area contributed by atoms with Crippen molar-refractivity contribution in [3.05, 3.63) is 74.3 Å². The zero-order valence-corrected chi connectivity index (χ0v) is 14.5. The Bertz CT molecular complexity index is 1060. The first-order valence-electron chi connectivity index (χ1n) is 7.90. The molecule has 0 unspecified atom stereocenters. The highest BCUT2D eigenvalue weighted by Gasteiger charge is 2.14. The van der Waals surface area contributed by atoms with Gasteiger partial charge in [-0.3, -0.25) is 9.59 Å². The molecule has 0 aliphatic heterocycles. The Kier molecular flexibility index (Phi) is 5.06. The van der Waals surface area contributed by atoms with Gasteiger partial charge in [0.05, 0.1) is 28.4 Å². The zero-order valence-electron chi connectivity index (χ0n) is 13.7. The summed E-state index contributed by atoms with van der Waals surface area (Å²) in [7, 11) is 0. The van der Waals surface area contributed by atoms with Gasteiger partial charge in [0.1, 0.15) is 5.82 Å². The number of aldehydes is 1. The van der Waals surface area contributed by atoms with Gasteiger partial charge in [-0.05, 0) is 29.3 Å². The first-order valence-corrected chi connectivity index (χ1v) is 8.28. The smallest absolute Gasteiger partial charge is 0.199 e. The van der Waals surface area contributed by atoms with Crippen molar-refractivity contribution in [2.24, 2.45) is 0 Å². The number of anilines is 1. The van der Waals surface area contributed by atoms with E-state index in [4.69, 9.17) is 17.3 Å². The molecule has 0 saturated carbocycles. The van der Waals surface area contributed by atoms with Crippen LogP contribution in [-0.2, 0) is 13.0 Å². The van der Waals surface area contributed by atoms with Crippen molar-refractivity contribution < 1.29 is 14.3 Å². The van der Waals surface area contributed by atoms with E-state index in [1.807, 2.05) is 0 Å². The van der Waals surface area contributed by atoms with E-state index in [1.165, 1.54) is 12.3 Å². The molecule has 3 aromatic rings. The molecule has 0 radical (unpaired) electrons. The maximum Gasteiger partial charge on any atom is 0.199 e. The molecule has 3 N–H and O–H groups in total. The lowest BCUT2D eigenvalue weighted by atomic mass is 10.0. The Morgan fingerprint density at radius 3 is 2.77 bits per heavy atom. The van der Waals surface area contributed by atoms with Gasteiger partial charge in [0.25, 0.3) is 0 Å². The number of nitrogens with two attached hydrogens (primary N) is 1. The predicted octanol–water partition coefficient (Wildman–Crippen LogP) is 2.77. The molecule has 3 rings (SSSR count). The monoisotopic (exact) mass is 374 g/mol. The fourth-order valence-corrected chi connectivity index (χ4v) is 3.23. The molecule has 1 heterocycles. The summed E-state index contributed by atoms with van der Waals surface area (Å²) >= 11 is 5.81. The summed E-state index contributed by atoms with van der Waals surface area (Å²) in [6.07, 6.45) is 2.03. The first kappa shape index (κ1) is 18.1. The van der Waals surface area contributed by atoms with Gasteiger partial charge in [-0.15, -0.1) is 0 Å². The van der Waals surface area contributed by atoms with Crippen LogP contribution in [0.1, 0.15) is 21.5 Å². The van der Waals surface area contributed by atoms with Crippen LogP contribution in [0.5, 0.6) is 0 Å². The topological polar surface area (TPSA) is 85.3 Å². The minimum Gasteiger partial charge on any atom is -0.397 e. The lowest BCUT2D eigenvalue weighted by Gasteiger charge is -2.14. The van der Waals surface area contributed by atoms with Crippen molar-refractivity contribution in [1.29, 1.82) is 0 Å². The van der Waals surface area contributed by atoms with Crippen molar-refractivity contribution in [3.8, 4) is 0 Å². The average molecular weight is 375 g/mol. The van der Waals surface area contributed by atoms with Crippen molar-refractivity contribution in [3.63, 3.8) is 0 Å². The molecule has 0 aliphatic carbocycles. The van der Waals surface area contributed by atoms with Crippen molar-refractivity contribution in [1.82, 2.24) is 4.57 Å².